The van der Waals surface area contributed by atoms with Crippen LogP contribution in [0.1, 0.15) is 18.9 Å². The van der Waals surface area contributed by atoms with Crippen molar-refractivity contribution >= 4 is 11.8 Å². The molecule has 2 aromatic rings. The number of hydrogen-bond acceptors (Lipinski definition) is 6. The van der Waals surface area contributed by atoms with E-state index >= 15 is 0 Å². The highest BCUT2D eigenvalue weighted by Crippen LogP contribution is 2.41. The van der Waals surface area contributed by atoms with Gasteiger partial charge in [0.2, 0.25) is 0 Å². The van der Waals surface area contributed by atoms with Crippen molar-refractivity contribution in [2.24, 2.45) is 0 Å². The lowest BCUT2D eigenvalue weighted by molar-refractivity contribution is 0.0188. The molecule has 26 heavy (non-hydrogen) atoms. The maximum atomic E-state index is 14.2. The second-order valence-corrected chi connectivity index (χ2v) is 7.75. The summed E-state index contributed by atoms with van der Waals surface area (Å²) in [5, 5.41) is 19.6. The normalized spacial score (nSPS) is 19.6. The fraction of sp³-hybridized carbons (Fsp3) is 0.556. The number of halogens is 1. The van der Waals surface area contributed by atoms with E-state index in [0.717, 1.165) is 44.3 Å². The zero-order valence-electron chi connectivity index (χ0n) is 14.6. The molecular formula is C18H23FN4O2S. The Morgan fingerprint density at radius 2 is 2.00 bits per heavy atom. The van der Waals surface area contributed by atoms with E-state index in [-0.39, 0.29) is 5.82 Å². The van der Waals surface area contributed by atoms with E-state index in [1.807, 2.05) is 10.6 Å². The third-order valence-electron chi connectivity index (χ3n) is 4.67. The van der Waals surface area contributed by atoms with Gasteiger partial charge in [0, 0.05) is 31.4 Å². The Morgan fingerprint density at radius 3 is 2.73 bits per heavy atom. The van der Waals surface area contributed by atoms with Crippen LogP contribution in [0, 0.1) is 5.82 Å². The van der Waals surface area contributed by atoms with Crippen LogP contribution >= 0.6 is 11.8 Å². The molecule has 0 unspecified atom stereocenters. The predicted octanol–water partition coefficient (Wildman–Crippen LogP) is 2.20. The lowest BCUT2D eigenvalue weighted by atomic mass is 10.2. The Labute approximate surface area is 156 Å². The number of aliphatic hydroxyl groups excluding tert-OH is 1. The highest BCUT2D eigenvalue weighted by atomic mass is 32.2. The maximum absolute atomic E-state index is 14.2. The number of aliphatic hydroxyl groups is 1. The molecular weight excluding hydrogens is 355 g/mol. The number of morpholine rings is 1. The van der Waals surface area contributed by atoms with E-state index in [1.165, 1.54) is 17.8 Å². The minimum absolute atomic E-state index is 0.286. The van der Waals surface area contributed by atoms with Gasteiger partial charge in [-0.05, 0) is 25.0 Å². The first-order valence-electron chi connectivity index (χ1n) is 9.03. The summed E-state index contributed by atoms with van der Waals surface area (Å²) in [6.07, 6.45) is 1.67. The molecule has 1 saturated carbocycles. The van der Waals surface area contributed by atoms with Gasteiger partial charge in [-0.3, -0.25) is 9.47 Å². The summed E-state index contributed by atoms with van der Waals surface area (Å²) in [6.45, 7) is 3.80. The zero-order valence-corrected chi connectivity index (χ0v) is 15.4. The molecule has 6 nitrogen and oxygen atoms in total. The number of β-amino-alcohol motifs (C(OH)–C–C–N with tert-alkyl or cyclic N) is 1. The molecule has 1 aromatic heterocycles. The van der Waals surface area contributed by atoms with Gasteiger partial charge < -0.3 is 9.84 Å². The summed E-state index contributed by atoms with van der Waals surface area (Å²) in [7, 11) is 0. The SMILES string of the molecule is O[C@H](CSc1nnc(-c2ccccc2F)n1C1CC1)CN1CCOCC1. The molecule has 0 radical (unpaired) electrons. The van der Waals surface area contributed by atoms with E-state index < -0.39 is 6.10 Å². The van der Waals surface area contributed by atoms with Crippen LogP contribution in [0.4, 0.5) is 4.39 Å². The molecule has 1 saturated heterocycles. The van der Waals surface area contributed by atoms with Crippen LogP contribution < -0.4 is 0 Å². The number of thioether (sulfide) groups is 1. The first-order valence-corrected chi connectivity index (χ1v) is 10.0. The predicted molar refractivity (Wildman–Crippen MR) is 97.7 cm³/mol. The minimum atomic E-state index is -0.445. The zero-order chi connectivity index (χ0) is 17.9. The molecule has 4 rings (SSSR count). The van der Waals surface area contributed by atoms with E-state index in [0.29, 0.717) is 29.7 Å². The fourth-order valence-electron chi connectivity index (χ4n) is 3.17. The summed E-state index contributed by atoms with van der Waals surface area (Å²) in [5.41, 5.74) is 0.479. The molecule has 1 aliphatic carbocycles. The van der Waals surface area contributed by atoms with Crippen molar-refractivity contribution in [3.8, 4) is 11.4 Å². The molecule has 1 N–H and O–H groups in total. The van der Waals surface area contributed by atoms with Crippen LogP contribution in [0.3, 0.4) is 0 Å². The van der Waals surface area contributed by atoms with Gasteiger partial charge in [0.25, 0.3) is 0 Å². The van der Waals surface area contributed by atoms with E-state index in [4.69, 9.17) is 4.74 Å². The number of benzene rings is 1. The monoisotopic (exact) mass is 378 g/mol. The summed E-state index contributed by atoms with van der Waals surface area (Å²) < 4.78 is 21.5. The smallest absolute Gasteiger partial charge is 0.191 e. The van der Waals surface area contributed by atoms with Crippen LogP contribution in [0.5, 0.6) is 0 Å². The van der Waals surface area contributed by atoms with Crippen molar-refractivity contribution in [3.63, 3.8) is 0 Å². The van der Waals surface area contributed by atoms with Crippen LogP contribution in [-0.2, 0) is 4.74 Å². The van der Waals surface area contributed by atoms with Crippen molar-refractivity contribution in [1.29, 1.82) is 0 Å². The topological polar surface area (TPSA) is 63.4 Å². The molecule has 140 valence electrons. The van der Waals surface area contributed by atoms with Gasteiger partial charge in [-0.2, -0.15) is 0 Å². The standard InChI is InChI=1S/C18H23FN4O2S/c19-16-4-2-1-3-15(16)17-20-21-18(23(17)13-5-6-13)26-12-14(24)11-22-7-9-25-10-8-22/h1-4,13-14,24H,5-12H2/t14-/m0/s1. The summed E-state index contributed by atoms with van der Waals surface area (Å²) in [6, 6.07) is 7.00. The lowest BCUT2D eigenvalue weighted by Crippen LogP contribution is -2.41. The molecule has 8 heteroatoms. The third-order valence-corrected chi connectivity index (χ3v) is 5.76. The second-order valence-electron chi connectivity index (χ2n) is 6.77. The van der Waals surface area contributed by atoms with Crippen LogP contribution in [0.25, 0.3) is 11.4 Å². The van der Waals surface area contributed by atoms with Gasteiger partial charge in [0.1, 0.15) is 5.82 Å². The summed E-state index contributed by atoms with van der Waals surface area (Å²) in [5.74, 6) is 0.834. The molecule has 2 fully saturated rings. The second kappa shape index (κ2) is 8.04. The van der Waals surface area contributed by atoms with Gasteiger partial charge in [-0.25, -0.2) is 4.39 Å². The van der Waals surface area contributed by atoms with Crippen molar-refractivity contribution in [2.45, 2.75) is 30.1 Å². The molecule has 0 amide bonds. The van der Waals surface area contributed by atoms with Gasteiger partial charge in [-0.1, -0.05) is 23.9 Å². The lowest BCUT2D eigenvalue weighted by Gasteiger charge is -2.28. The average Bonchev–Trinajstić information content (AvgIpc) is 3.41. The van der Waals surface area contributed by atoms with E-state index in [2.05, 4.69) is 15.1 Å². The van der Waals surface area contributed by atoms with Crippen molar-refractivity contribution < 1.29 is 14.2 Å². The molecule has 2 aliphatic rings. The van der Waals surface area contributed by atoms with Crippen molar-refractivity contribution in [3.05, 3.63) is 30.1 Å². The first-order chi connectivity index (χ1) is 12.7. The highest BCUT2D eigenvalue weighted by molar-refractivity contribution is 7.99. The average molecular weight is 378 g/mol. The minimum Gasteiger partial charge on any atom is -0.391 e. The van der Waals surface area contributed by atoms with Gasteiger partial charge >= 0.3 is 0 Å². The Balaban J connectivity index is 1.44. The van der Waals surface area contributed by atoms with E-state index in [1.54, 1.807) is 12.1 Å². The van der Waals surface area contributed by atoms with Gasteiger partial charge in [0.15, 0.2) is 11.0 Å². The third kappa shape index (κ3) is 4.09. The highest BCUT2D eigenvalue weighted by Gasteiger charge is 2.31. The molecule has 1 aliphatic heterocycles. The number of nitrogens with zero attached hydrogens (tertiary/aromatic N) is 4. The van der Waals surface area contributed by atoms with Crippen LogP contribution in [0.15, 0.2) is 29.4 Å². The van der Waals surface area contributed by atoms with Gasteiger partial charge in [0.05, 0.1) is 24.9 Å². The van der Waals surface area contributed by atoms with Crippen molar-refractivity contribution in [2.75, 3.05) is 38.6 Å². The number of ether oxygens (including phenoxy) is 1. The fourth-order valence-corrected chi connectivity index (χ4v) is 4.09. The number of rotatable bonds is 7. The molecule has 2 heterocycles. The Hall–Kier alpha value is -1.48. The maximum Gasteiger partial charge on any atom is 0.191 e. The summed E-state index contributed by atoms with van der Waals surface area (Å²) >= 11 is 1.49. The number of aromatic nitrogens is 3. The molecule has 0 spiro atoms. The summed E-state index contributed by atoms with van der Waals surface area (Å²) in [4.78, 5) is 2.21. The largest absolute Gasteiger partial charge is 0.391 e. The molecule has 1 aromatic carbocycles. The Morgan fingerprint density at radius 1 is 1.23 bits per heavy atom. The Kier molecular flexibility index (Phi) is 5.54. The van der Waals surface area contributed by atoms with Crippen LogP contribution in [-0.4, -0.2) is 69.5 Å². The molecule has 0 bridgehead atoms. The van der Waals surface area contributed by atoms with Crippen LogP contribution in [0.2, 0.25) is 0 Å². The van der Waals surface area contributed by atoms with Crippen molar-refractivity contribution in [1.82, 2.24) is 19.7 Å². The quantitative estimate of drug-likeness (QED) is 0.746. The number of hydrogen-bond donors (Lipinski definition) is 1. The first kappa shape index (κ1) is 17.9. The van der Waals surface area contributed by atoms with E-state index in [9.17, 15) is 9.50 Å². The van der Waals surface area contributed by atoms with Gasteiger partial charge in [-0.15, -0.1) is 10.2 Å². The Bertz CT molecular complexity index is 747. The molecule has 1 atom stereocenters.